The molecule has 2 heterocycles. The summed E-state index contributed by atoms with van der Waals surface area (Å²) in [5, 5.41) is 6.35. The number of rotatable bonds is 3. The SMILES string of the molecule is CNc1cccc(Sc2nc(=O)c(=O)[nH]n2C)n1. The Bertz CT molecular complexity index is 678. The van der Waals surface area contributed by atoms with Crippen molar-refractivity contribution in [1.82, 2.24) is 19.7 Å². The Morgan fingerprint density at radius 1 is 1.33 bits per heavy atom. The van der Waals surface area contributed by atoms with Crippen LogP contribution in [0.25, 0.3) is 0 Å². The fourth-order valence-electron chi connectivity index (χ4n) is 1.26. The summed E-state index contributed by atoms with van der Waals surface area (Å²) in [7, 11) is 3.38. The monoisotopic (exact) mass is 265 g/mol. The molecule has 0 fully saturated rings. The third-order valence-corrected chi connectivity index (χ3v) is 3.11. The van der Waals surface area contributed by atoms with Crippen molar-refractivity contribution in [1.29, 1.82) is 0 Å². The number of aromatic amines is 1. The molecule has 94 valence electrons. The molecule has 2 N–H and O–H groups in total. The predicted molar refractivity (Wildman–Crippen MR) is 68.0 cm³/mol. The van der Waals surface area contributed by atoms with Crippen LogP contribution in [0.5, 0.6) is 0 Å². The lowest BCUT2D eigenvalue weighted by molar-refractivity contribution is 0.596. The molecule has 0 bridgehead atoms. The summed E-state index contributed by atoms with van der Waals surface area (Å²) in [4.78, 5) is 30.2. The van der Waals surface area contributed by atoms with Gasteiger partial charge in [-0.15, -0.1) is 0 Å². The van der Waals surface area contributed by atoms with Crippen molar-refractivity contribution in [2.45, 2.75) is 10.2 Å². The Hall–Kier alpha value is -2.09. The maximum absolute atomic E-state index is 11.2. The Kier molecular flexibility index (Phi) is 3.47. The standard InChI is InChI=1S/C10H11N5O2S/c1-11-6-4-3-5-7(12-6)18-10-13-8(16)9(17)14-15(10)2/h3-5H,1-2H3,(H,11,12)(H,14,17). The highest BCUT2D eigenvalue weighted by atomic mass is 32.2. The molecule has 0 atom stereocenters. The molecule has 0 amide bonds. The van der Waals surface area contributed by atoms with Crippen LogP contribution in [0.15, 0.2) is 38.0 Å². The maximum atomic E-state index is 11.2. The lowest BCUT2D eigenvalue weighted by atomic mass is 10.5. The van der Waals surface area contributed by atoms with Crippen LogP contribution in [-0.4, -0.2) is 26.8 Å². The van der Waals surface area contributed by atoms with E-state index in [1.165, 1.54) is 16.4 Å². The smallest absolute Gasteiger partial charge is 0.339 e. The number of aryl methyl sites for hydroxylation is 1. The number of aromatic nitrogens is 4. The highest BCUT2D eigenvalue weighted by molar-refractivity contribution is 7.99. The molecule has 2 aromatic heterocycles. The fraction of sp³-hybridized carbons (Fsp3) is 0.200. The molecule has 0 unspecified atom stereocenters. The largest absolute Gasteiger partial charge is 0.373 e. The second-order valence-corrected chi connectivity index (χ2v) is 4.40. The van der Waals surface area contributed by atoms with Gasteiger partial charge in [-0.25, -0.2) is 4.98 Å². The predicted octanol–water partition coefficient (Wildman–Crippen LogP) is 0.0565. The zero-order valence-electron chi connectivity index (χ0n) is 9.80. The van der Waals surface area contributed by atoms with E-state index in [2.05, 4.69) is 20.4 Å². The number of H-pyrrole nitrogens is 1. The van der Waals surface area contributed by atoms with Crippen molar-refractivity contribution >= 4 is 17.6 Å². The van der Waals surface area contributed by atoms with Crippen molar-refractivity contribution in [2.75, 3.05) is 12.4 Å². The van der Waals surface area contributed by atoms with E-state index in [0.29, 0.717) is 10.2 Å². The quantitative estimate of drug-likeness (QED) is 0.762. The summed E-state index contributed by atoms with van der Waals surface area (Å²) < 4.78 is 1.39. The van der Waals surface area contributed by atoms with Crippen LogP contribution in [0.4, 0.5) is 5.82 Å². The Balaban J connectivity index is 2.36. The summed E-state index contributed by atoms with van der Waals surface area (Å²) in [6.45, 7) is 0. The summed E-state index contributed by atoms with van der Waals surface area (Å²) in [6.07, 6.45) is 0. The van der Waals surface area contributed by atoms with Gasteiger partial charge in [0.25, 0.3) is 0 Å². The number of nitrogens with zero attached hydrogens (tertiary/aromatic N) is 3. The van der Waals surface area contributed by atoms with Crippen LogP contribution in [-0.2, 0) is 7.05 Å². The zero-order chi connectivity index (χ0) is 13.1. The molecule has 7 nitrogen and oxygen atoms in total. The van der Waals surface area contributed by atoms with Crippen molar-refractivity contribution in [3.05, 3.63) is 38.9 Å². The first-order valence-electron chi connectivity index (χ1n) is 5.10. The van der Waals surface area contributed by atoms with E-state index in [1.54, 1.807) is 20.2 Å². The lowest BCUT2D eigenvalue weighted by Crippen LogP contribution is -2.33. The summed E-state index contributed by atoms with van der Waals surface area (Å²) >= 11 is 1.20. The van der Waals surface area contributed by atoms with E-state index >= 15 is 0 Å². The first-order chi connectivity index (χ1) is 8.60. The van der Waals surface area contributed by atoms with E-state index in [4.69, 9.17) is 0 Å². The molecular formula is C10H11N5O2S. The van der Waals surface area contributed by atoms with E-state index in [1.807, 2.05) is 12.1 Å². The molecule has 0 aliphatic rings. The van der Waals surface area contributed by atoms with Gasteiger partial charge >= 0.3 is 11.1 Å². The van der Waals surface area contributed by atoms with E-state index < -0.39 is 11.1 Å². The second kappa shape index (κ2) is 5.05. The summed E-state index contributed by atoms with van der Waals surface area (Å²) in [6, 6.07) is 5.46. The van der Waals surface area contributed by atoms with Gasteiger partial charge in [0.15, 0.2) is 5.16 Å². The van der Waals surface area contributed by atoms with Crippen molar-refractivity contribution in [3.8, 4) is 0 Å². The average molecular weight is 265 g/mol. The van der Waals surface area contributed by atoms with E-state index in [9.17, 15) is 9.59 Å². The molecule has 0 aromatic carbocycles. The number of anilines is 1. The van der Waals surface area contributed by atoms with Crippen molar-refractivity contribution < 1.29 is 0 Å². The van der Waals surface area contributed by atoms with Gasteiger partial charge in [-0.3, -0.25) is 19.4 Å². The minimum absolute atomic E-state index is 0.375. The van der Waals surface area contributed by atoms with Crippen molar-refractivity contribution in [3.63, 3.8) is 0 Å². The number of hydrogen-bond donors (Lipinski definition) is 2. The summed E-state index contributed by atoms with van der Waals surface area (Å²) in [5.41, 5.74) is -1.54. The average Bonchev–Trinajstić information content (AvgIpc) is 2.36. The molecule has 0 spiro atoms. The van der Waals surface area contributed by atoms with Gasteiger partial charge in [0.2, 0.25) is 0 Å². The van der Waals surface area contributed by atoms with Gasteiger partial charge in [-0.05, 0) is 23.9 Å². The molecule has 0 aliphatic carbocycles. The fourth-order valence-corrected chi connectivity index (χ4v) is 2.05. The Morgan fingerprint density at radius 2 is 2.11 bits per heavy atom. The van der Waals surface area contributed by atoms with Gasteiger partial charge in [0, 0.05) is 14.1 Å². The zero-order valence-corrected chi connectivity index (χ0v) is 10.6. The number of nitrogens with one attached hydrogen (secondary N) is 2. The highest BCUT2D eigenvalue weighted by Crippen LogP contribution is 2.22. The Morgan fingerprint density at radius 3 is 2.83 bits per heavy atom. The van der Waals surface area contributed by atoms with Crippen LogP contribution in [0.1, 0.15) is 0 Å². The summed E-state index contributed by atoms with van der Waals surface area (Å²) in [5.74, 6) is 0.717. The second-order valence-electron chi connectivity index (χ2n) is 3.41. The number of hydrogen-bond acceptors (Lipinski definition) is 6. The van der Waals surface area contributed by atoms with Crippen LogP contribution in [0.3, 0.4) is 0 Å². The van der Waals surface area contributed by atoms with E-state index in [0.717, 1.165) is 5.82 Å². The molecule has 2 aromatic rings. The molecule has 0 radical (unpaired) electrons. The van der Waals surface area contributed by atoms with E-state index in [-0.39, 0.29) is 0 Å². The van der Waals surface area contributed by atoms with Crippen LogP contribution < -0.4 is 16.4 Å². The third-order valence-electron chi connectivity index (χ3n) is 2.12. The first kappa shape index (κ1) is 12.4. The van der Waals surface area contributed by atoms with Crippen molar-refractivity contribution in [2.24, 2.45) is 7.05 Å². The molecule has 0 saturated heterocycles. The van der Waals surface area contributed by atoms with Gasteiger partial charge in [-0.2, -0.15) is 4.98 Å². The number of pyridine rings is 1. The van der Waals surface area contributed by atoms with Crippen LogP contribution in [0.2, 0.25) is 0 Å². The van der Waals surface area contributed by atoms with Gasteiger partial charge < -0.3 is 5.32 Å². The Labute approximate surface area is 106 Å². The van der Waals surface area contributed by atoms with Gasteiger partial charge in [0.1, 0.15) is 10.8 Å². The molecule has 0 aliphatic heterocycles. The molecular weight excluding hydrogens is 254 g/mol. The van der Waals surface area contributed by atoms with Gasteiger partial charge in [0.05, 0.1) is 0 Å². The molecule has 0 saturated carbocycles. The topological polar surface area (TPSA) is 92.7 Å². The normalized spacial score (nSPS) is 10.3. The lowest BCUT2D eigenvalue weighted by Gasteiger charge is -2.06. The van der Waals surface area contributed by atoms with Gasteiger partial charge in [-0.1, -0.05) is 6.07 Å². The molecule has 8 heteroatoms. The molecule has 18 heavy (non-hydrogen) atoms. The molecule has 2 rings (SSSR count). The minimum atomic E-state index is -0.805. The maximum Gasteiger partial charge on any atom is 0.339 e. The first-order valence-corrected chi connectivity index (χ1v) is 5.92. The van der Waals surface area contributed by atoms with Crippen LogP contribution in [0, 0.1) is 0 Å². The third kappa shape index (κ3) is 2.59. The minimum Gasteiger partial charge on any atom is -0.373 e. The van der Waals surface area contributed by atoms with Crippen LogP contribution >= 0.6 is 11.8 Å². The highest BCUT2D eigenvalue weighted by Gasteiger charge is 2.07.